The smallest absolute Gasteiger partial charge is 0.248 e. The number of nitrogens with zero attached hydrogens (tertiary/aromatic N) is 2. The van der Waals surface area contributed by atoms with Gasteiger partial charge in [0.25, 0.3) is 0 Å². The Balaban J connectivity index is 1.81. The minimum atomic E-state index is -0.290. The average molecular weight is 360 g/mol. The Morgan fingerprint density at radius 1 is 0.923 bits per heavy atom. The van der Waals surface area contributed by atoms with Crippen molar-refractivity contribution in [2.75, 3.05) is 39.9 Å². The fraction of sp³-hybridized carbons (Fsp3) is 0.350. The summed E-state index contributed by atoms with van der Waals surface area (Å²) in [5, 5.41) is 0. The van der Waals surface area contributed by atoms with Gasteiger partial charge in [-0.25, -0.2) is 8.78 Å². The average Bonchev–Trinajstić information content (AvgIpc) is 2.66. The van der Waals surface area contributed by atoms with E-state index < -0.39 is 0 Å². The quantitative estimate of drug-likeness (QED) is 0.822. The molecule has 0 aliphatic carbocycles. The lowest BCUT2D eigenvalue weighted by Gasteiger charge is -2.39. The van der Waals surface area contributed by atoms with Gasteiger partial charge in [-0.05, 0) is 35.4 Å². The van der Waals surface area contributed by atoms with Crippen LogP contribution < -0.4 is 0 Å². The molecular formula is C20H22F2N2O2. The van der Waals surface area contributed by atoms with Gasteiger partial charge in [0, 0.05) is 33.3 Å². The number of carbonyl (C=O) groups excluding carboxylic acids is 1. The normalized spacial score (nSPS) is 15.5. The second-order valence-electron chi connectivity index (χ2n) is 6.36. The molecule has 4 nitrogen and oxygen atoms in total. The first-order valence-corrected chi connectivity index (χ1v) is 8.60. The van der Waals surface area contributed by atoms with Gasteiger partial charge in [-0.15, -0.1) is 0 Å². The van der Waals surface area contributed by atoms with Gasteiger partial charge in [0.1, 0.15) is 18.2 Å². The van der Waals surface area contributed by atoms with Crippen molar-refractivity contribution in [3.05, 3.63) is 71.3 Å². The molecule has 0 unspecified atom stereocenters. The highest BCUT2D eigenvalue weighted by Gasteiger charge is 2.28. The van der Waals surface area contributed by atoms with Gasteiger partial charge in [0.2, 0.25) is 5.91 Å². The van der Waals surface area contributed by atoms with E-state index in [4.69, 9.17) is 4.74 Å². The van der Waals surface area contributed by atoms with Gasteiger partial charge in [-0.2, -0.15) is 0 Å². The van der Waals surface area contributed by atoms with Crippen molar-refractivity contribution in [3.8, 4) is 0 Å². The maximum atomic E-state index is 13.3. The van der Waals surface area contributed by atoms with E-state index in [1.165, 1.54) is 31.4 Å². The Morgan fingerprint density at radius 2 is 1.38 bits per heavy atom. The number of hydrogen-bond donors (Lipinski definition) is 0. The summed E-state index contributed by atoms with van der Waals surface area (Å²) in [5.41, 5.74) is 1.88. The molecule has 1 fully saturated rings. The van der Waals surface area contributed by atoms with E-state index in [1.807, 2.05) is 0 Å². The van der Waals surface area contributed by atoms with Gasteiger partial charge in [0.05, 0.1) is 6.04 Å². The van der Waals surface area contributed by atoms with Crippen molar-refractivity contribution in [1.29, 1.82) is 0 Å². The molecule has 0 radical (unpaired) electrons. The Bertz CT molecular complexity index is 681. The first-order chi connectivity index (χ1) is 12.6. The monoisotopic (exact) mass is 360 g/mol. The Kier molecular flexibility index (Phi) is 5.96. The lowest BCUT2D eigenvalue weighted by molar-refractivity contribution is -0.137. The summed E-state index contributed by atoms with van der Waals surface area (Å²) in [6.45, 7) is 2.63. The summed E-state index contributed by atoms with van der Waals surface area (Å²) in [5.74, 6) is -0.601. The van der Waals surface area contributed by atoms with Crippen LogP contribution in [0.4, 0.5) is 8.78 Å². The van der Waals surface area contributed by atoms with E-state index in [0.29, 0.717) is 26.2 Å². The second-order valence-corrected chi connectivity index (χ2v) is 6.36. The minimum absolute atomic E-state index is 0.0211. The number of rotatable bonds is 5. The standard InChI is InChI=1S/C20H22F2N2O2/c1-26-14-19(25)23-10-12-24(13-11-23)20(15-2-6-17(21)7-3-15)16-4-8-18(22)9-5-16/h2-9,20H,10-14H2,1H3. The molecule has 1 amide bonds. The molecule has 1 saturated heterocycles. The Labute approximate surface area is 152 Å². The zero-order valence-corrected chi connectivity index (χ0v) is 14.7. The molecule has 0 aromatic heterocycles. The second kappa shape index (κ2) is 8.38. The largest absolute Gasteiger partial charge is 0.375 e. The molecule has 1 aliphatic heterocycles. The van der Waals surface area contributed by atoms with Crippen molar-refractivity contribution < 1.29 is 18.3 Å². The van der Waals surface area contributed by atoms with Crippen LogP contribution in [0.3, 0.4) is 0 Å². The zero-order valence-electron chi connectivity index (χ0n) is 14.7. The van der Waals surface area contributed by atoms with Crippen molar-refractivity contribution in [2.24, 2.45) is 0 Å². The van der Waals surface area contributed by atoms with E-state index >= 15 is 0 Å². The number of ether oxygens (including phenoxy) is 1. The molecule has 0 saturated carbocycles. The number of amides is 1. The first-order valence-electron chi connectivity index (χ1n) is 8.60. The van der Waals surface area contributed by atoms with Gasteiger partial charge in [-0.1, -0.05) is 24.3 Å². The maximum absolute atomic E-state index is 13.3. The number of piperazine rings is 1. The van der Waals surface area contributed by atoms with E-state index in [2.05, 4.69) is 4.90 Å². The summed E-state index contributed by atoms with van der Waals surface area (Å²) in [4.78, 5) is 16.0. The number of carbonyl (C=O) groups is 1. The SMILES string of the molecule is COCC(=O)N1CCN(C(c2ccc(F)cc2)c2ccc(F)cc2)CC1. The van der Waals surface area contributed by atoms with Crippen LogP contribution in [0.1, 0.15) is 17.2 Å². The summed E-state index contributed by atoms with van der Waals surface area (Å²) < 4.78 is 31.6. The van der Waals surface area contributed by atoms with E-state index in [1.54, 1.807) is 29.2 Å². The number of halogens is 2. The summed E-state index contributed by atoms with van der Waals surface area (Å²) in [6.07, 6.45) is 0. The van der Waals surface area contributed by atoms with Crippen molar-refractivity contribution >= 4 is 5.91 Å². The summed E-state index contributed by atoms with van der Waals surface area (Å²) >= 11 is 0. The lowest BCUT2D eigenvalue weighted by Crippen LogP contribution is -2.50. The Hall–Kier alpha value is -2.31. The van der Waals surface area contributed by atoms with Crippen LogP contribution >= 0.6 is 0 Å². The molecule has 0 spiro atoms. The third-order valence-electron chi connectivity index (χ3n) is 4.67. The number of hydrogen-bond acceptors (Lipinski definition) is 3. The molecule has 6 heteroatoms. The molecule has 0 bridgehead atoms. The lowest BCUT2D eigenvalue weighted by atomic mass is 9.96. The van der Waals surface area contributed by atoms with Crippen LogP contribution in [-0.2, 0) is 9.53 Å². The molecular weight excluding hydrogens is 338 g/mol. The molecule has 1 heterocycles. The molecule has 0 N–H and O–H groups in total. The van der Waals surface area contributed by atoms with Crippen LogP contribution in [0.2, 0.25) is 0 Å². The third kappa shape index (κ3) is 4.26. The topological polar surface area (TPSA) is 32.8 Å². The van der Waals surface area contributed by atoms with Gasteiger partial charge >= 0.3 is 0 Å². The van der Waals surface area contributed by atoms with Crippen LogP contribution in [0, 0.1) is 11.6 Å². The number of methoxy groups -OCH3 is 1. The van der Waals surface area contributed by atoms with E-state index in [0.717, 1.165) is 11.1 Å². The first kappa shape index (κ1) is 18.5. The summed E-state index contributed by atoms with van der Waals surface area (Å²) in [6, 6.07) is 12.6. The Morgan fingerprint density at radius 3 is 1.81 bits per heavy atom. The van der Waals surface area contributed by atoms with Crippen molar-refractivity contribution in [2.45, 2.75) is 6.04 Å². The van der Waals surface area contributed by atoms with Crippen LogP contribution in [0.15, 0.2) is 48.5 Å². The zero-order chi connectivity index (χ0) is 18.5. The van der Waals surface area contributed by atoms with E-state index in [-0.39, 0.29) is 30.2 Å². The summed E-state index contributed by atoms with van der Waals surface area (Å²) in [7, 11) is 1.51. The minimum Gasteiger partial charge on any atom is -0.375 e. The molecule has 2 aromatic rings. The van der Waals surface area contributed by atoms with Crippen molar-refractivity contribution in [1.82, 2.24) is 9.80 Å². The molecule has 0 atom stereocenters. The van der Waals surface area contributed by atoms with Crippen LogP contribution in [0.25, 0.3) is 0 Å². The highest BCUT2D eigenvalue weighted by atomic mass is 19.1. The molecule has 2 aromatic carbocycles. The van der Waals surface area contributed by atoms with Crippen molar-refractivity contribution in [3.63, 3.8) is 0 Å². The number of benzene rings is 2. The molecule has 138 valence electrons. The van der Waals surface area contributed by atoms with Gasteiger partial charge in [-0.3, -0.25) is 9.69 Å². The predicted octanol–water partition coefficient (Wildman–Crippen LogP) is 2.84. The molecule has 3 rings (SSSR count). The molecule has 1 aliphatic rings. The highest BCUT2D eigenvalue weighted by molar-refractivity contribution is 5.77. The van der Waals surface area contributed by atoms with E-state index in [9.17, 15) is 13.6 Å². The van der Waals surface area contributed by atoms with Gasteiger partial charge in [0.15, 0.2) is 0 Å². The van der Waals surface area contributed by atoms with Gasteiger partial charge < -0.3 is 9.64 Å². The van der Waals surface area contributed by atoms with Crippen LogP contribution in [0.5, 0.6) is 0 Å². The van der Waals surface area contributed by atoms with Crippen LogP contribution in [-0.4, -0.2) is 55.6 Å². The fourth-order valence-corrected chi connectivity index (χ4v) is 3.35. The molecule has 26 heavy (non-hydrogen) atoms. The maximum Gasteiger partial charge on any atom is 0.248 e. The fourth-order valence-electron chi connectivity index (χ4n) is 3.35. The predicted molar refractivity (Wildman–Crippen MR) is 94.7 cm³/mol. The highest BCUT2D eigenvalue weighted by Crippen LogP contribution is 2.30. The third-order valence-corrected chi connectivity index (χ3v) is 4.67.